The lowest BCUT2D eigenvalue weighted by Gasteiger charge is -2.21. The maximum absolute atomic E-state index is 12.7. The molecule has 0 unspecified atom stereocenters. The van der Waals surface area contributed by atoms with Gasteiger partial charge in [0.15, 0.2) is 6.10 Å². The second kappa shape index (κ2) is 8.25. The van der Waals surface area contributed by atoms with E-state index in [1.807, 2.05) is 63.2 Å². The SMILES string of the molecule is Cc1ccc(-c2noc(CN(C)C(=O)[C@H](C)Oc3cc(C)ccc3C)n2)cc1. The summed E-state index contributed by atoms with van der Waals surface area (Å²) in [6.07, 6.45) is -0.620. The van der Waals surface area contributed by atoms with Crippen LogP contribution in [-0.4, -0.2) is 34.1 Å². The van der Waals surface area contributed by atoms with Gasteiger partial charge in [0.25, 0.3) is 5.91 Å². The third-order valence-electron chi connectivity index (χ3n) is 4.52. The largest absolute Gasteiger partial charge is 0.481 e. The van der Waals surface area contributed by atoms with Crippen LogP contribution in [0.5, 0.6) is 5.75 Å². The number of ether oxygens (including phenoxy) is 1. The van der Waals surface area contributed by atoms with Crippen molar-refractivity contribution in [1.82, 2.24) is 15.0 Å². The Morgan fingerprint density at radius 1 is 1.11 bits per heavy atom. The highest BCUT2D eigenvalue weighted by Gasteiger charge is 2.22. The number of benzene rings is 2. The average molecular weight is 379 g/mol. The van der Waals surface area contributed by atoms with Crippen LogP contribution < -0.4 is 4.74 Å². The second-order valence-corrected chi connectivity index (χ2v) is 7.10. The normalized spacial score (nSPS) is 11.9. The van der Waals surface area contributed by atoms with Crippen molar-refractivity contribution in [3.05, 3.63) is 65.0 Å². The van der Waals surface area contributed by atoms with Crippen LogP contribution in [0.4, 0.5) is 0 Å². The summed E-state index contributed by atoms with van der Waals surface area (Å²) in [4.78, 5) is 18.6. The van der Waals surface area contributed by atoms with Gasteiger partial charge in [0.05, 0.1) is 6.54 Å². The number of aryl methyl sites for hydroxylation is 3. The van der Waals surface area contributed by atoms with Crippen LogP contribution >= 0.6 is 0 Å². The number of rotatable bonds is 6. The number of aromatic nitrogens is 2. The van der Waals surface area contributed by atoms with E-state index in [9.17, 15) is 4.79 Å². The molecule has 2 aromatic carbocycles. The van der Waals surface area contributed by atoms with Crippen molar-refractivity contribution >= 4 is 5.91 Å². The fraction of sp³-hybridized carbons (Fsp3) is 0.318. The van der Waals surface area contributed by atoms with E-state index in [1.54, 1.807) is 14.0 Å². The summed E-state index contributed by atoms with van der Waals surface area (Å²) in [6.45, 7) is 7.94. The first kappa shape index (κ1) is 19.6. The summed E-state index contributed by atoms with van der Waals surface area (Å²) < 4.78 is 11.2. The van der Waals surface area contributed by atoms with Crippen LogP contribution in [0.15, 0.2) is 47.0 Å². The number of carbonyl (C=O) groups is 1. The minimum absolute atomic E-state index is 0.156. The number of hydrogen-bond acceptors (Lipinski definition) is 5. The Hall–Kier alpha value is -3.15. The highest BCUT2D eigenvalue weighted by Crippen LogP contribution is 2.21. The van der Waals surface area contributed by atoms with Crippen molar-refractivity contribution in [3.63, 3.8) is 0 Å². The van der Waals surface area contributed by atoms with Crippen molar-refractivity contribution in [2.45, 2.75) is 40.3 Å². The molecule has 0 saturated carbocycles. The van der Waals surface area contributed by atoms with Crippen LogP contribution in [0.25, 0.3) is 11.4 Å². The zero-order chi connectivity index (χ0) is 20.3. The maximum Gasteiger partial charge on any atom is 0.263 e. The Labute approximate surface area is 165 Å². The molecule has 6 nitrogen and oxygen atoms in total. The van der Waals surface area contributed by atoms with Gasteiger partial charge in [-0.1, -0.05) is 47.1 Å². The predicted octanol–water partition coefficient (Wildman–Crippen LogP) is 4.09. The zero-order valence-corrected chi connectivity index (χ0v) is 16.9. The number of carbonyl (C=O) groups excluding carboxylic acids is 1. The highest BCUT2D eigenvalue weighted by molar-refractivity contribution is 5.80. The van der Waals surface area contributed by atoms with E-state index in [-0.39, 0.29) is 12.5 Å². The number of amides is 1. The molecule has 1 heterocycles. The smallest absolute Gasteiger partial charge is 0.263 e. The Morgan fingerprint density at radius 3 is 2.50 bits per heavy atom. The topological polar surface area (TPSA) is 68.5 Å². The predicted molar refractivity (Wildman–Crippen MR) is 107 cm³/mol. The zero-order valence-electron chi connectivity index (χ0n) is 16.9. The quantitative estimate of drug-likeness (QED) is 0.645. The molecule has 1 amide bonds. The summed E-state index contributed by atoms with van der Waals surface area (Å²) in [5.41, 5.74) is 4.12. The molecule has 28 heavy (non-hydrogen) atoms. The molecule has 1 atom stereocenters. The average Bonchev–Trinajstić information content (AvgIpc) is 3.13. The lowest BCUT2D eigenvalue weighted by atomic mass is 10.1. The molecule has 0 aliphatic rings. The first-order valence-corrected chi connectivity index (χ1v) is 9.22. The van der Waals surface area contributed by atoms with E-state index in [4.69, 9.17) is 9.26 Å². The second-order valence-electron chi connectivity index (χ2n) is 7.10. The molecule has 0 aliphatic carbocycles. The Morgan fingerprint density at radius 2 is 1.79 bits per heavy atom. The van der Waals surface area contributed by atoms with Crippen LogP contribution in [0.2, 0.25) is 0 Å². The summed E-state index contributed by atoms with van der Waals surface area (Å²) in [5, 5.41) is 4.01. The van der Waals surface area contributed by atoms with Crippen LogP contribution in [0.3, 0.4) is 0 Å². The van der Waals surface area contributed by atoms with Gasteiger partial charge in [-0.3, -0.25) is 4.79 Å². The molecule has 3 rings (SSSR count). The molecule has 0 spiro atoms. The van der Waals surface area contributed by atoms with Gasteiger partial charge in [0, 0.05) is 12.6 Å². The Balaban J connectivity index is 1.64. The lowest BCUT2D eigenvalue weighted by molar-refractivity contribution is -0.137. The standard InChI is InChI=1S/C22H25N3O3/c1-14-7-10-18(11-8-14)21-23-20(28-24-21)13-25(5)22(26)17(4)27-19-12-15(2)6-9-16(19)3/h6-12,17H,13H2,1-5H3/t17-/m0/s1. The van der Waals surface area contributed by atoms with Crippen molar-refractivity contribution in [2.24, 2.45) is 0 Å². The van der Waals surface area contributed by atoms with E-state index in [0.29, 0.717) is 17.5 Å². The molecule has 0 bridgehead atoms. The van der Waals surface area contributed by atoms with E-state index in [1.165, 1.54) is 4.90 Å². The summed E-state index contributed by atoms with van der Waals surface area (Å²) in [5.74, 6) is 1.45. The van der Waals surface area contributed by atoms with Crippen molar-refractivity contribution < 1.29 is 14.1 Å². The molecule has 1 aromatic heterocycles. The minimum atomic E-state index is -0.620. The number of hydrogen-bond donors (Lipinski definition) is 0. The molecule has 0 N–H and O–H groups in total. The molecule has 0 aliphatic heterocycles. The number of likely N-dealkylation sites (N-methyl/N-ethyl adjacent to an activating group) is 1. The van der Waals surface area contributed by atoms with E-state index >= 15 is 0 Å². The van der Waals surface area contributed by atoms with E-state index < -0.39 is 6.10 Å². The molecule has 0 saturated heterocycles. The van der Waals surface area contributed by atoms with Crippen LogP contribution in [0, 0.1) is 20.8 Å². The van der Waals surface area contributed by atoms with Gasteiger partial charge in [-0.2, -0.15) is 4.98 Å². The van der Waals surface area contributed by atoms with Gasteiger partial charge in [0.2, 0.25) is 11.7 Å². The monoisotopic (exact) mass is 379 g/mol. The van der Waals surface area contributed by atoms with Gasteiger partial charge in [0.1, 0.15) is 5.75 Å². The molecular weight excluding hydrogens is 354 g/mol. The van der Waals surface area contributed by atoms with Crippen LogP contribution in [-0.2, 0) is 11.3 Å². The van der Waals surface area contributed by atoms with E-state index in [0.717, 1.165) is 22.3 Å². The fourth-order valence-electron chi connectivity index (χ4n) is 2.81. The lowest BCUT2D eigenvalue weighted by Crippen LogP contribution is -2.37. The highest BCUT2D eigenvalue weighted by atomic mass is 16.5. The van der Waals surface area contributed by atoms with Crippen LogP contribution in [0.1, 0.15) is 29.5 Å². The molecule has 3 aromatic rings. The summed E-state index contributed by atoms with van der Waals surface area (Å²) in [6, 6.07) is 13.8. The Bertz CT molecular complexity index is 963. The summed E-state index contributed by atoms with van der Waals surface area (Å²) >= 11 is 0. The molecule has 6 heteroatoms. The molecule has 0 fully saturated rings. The van der Waals surface area contributed by atoms with Gasteiger partial charge in [-0.25, -0.2) is 0 Å². The van der Waals surface area contributed by atoms with Crippen molar-refractivity contribution in [3.8, 4) is 17.1 Å². The molecule has 146 valence electrons. The summed E-state index contributed by atoms with van der Waals surface area (Å²) in [7, 11) is 1.70. The maximum atomic E-state index is 12.7. The molecular formula is C22H25N3O3. The third-order valence-corrected chi connectivity index (χ3v) is 4.52. The van der Waals surface area contributed by atoms with Crippen molar-refractivity contribution in [1.29, 1.82) is 0 Å². The number of nitrogens with zero attached hydrogens (tertiary/aromatic N) is 3. The first-order chi connectivity index (χ1) is 13.3. The van der Waals surface area contributed by atoms with Gasteiger partial charge >= 0.3 is 0 Å². The van der Waals surface area contributed by atoms with Gasteiger partial charge < -0.3 is 14.2 Å². The van der Waals surface area contributed by atoms with Gasteiger partial charge in [-0.15, -0.1) is 0 Å². The molecule has 0 radical (unpaired) electrons. The van der Waals surface area contributed by atoms with Crippen molar-refractivity contribution in [2.75, 3.05) is 7.05 Å². The van der Waals surface area contributed by atoms with E-state index in [2.05, 4.69) is 10.1 Å². The first-order valence-electron chi connectivity index (χ1n) is 9.22. The third kappa shape index (κ3) is 4.57. The Kier molecular flexibility index (Phi) is 5.78. The van der Waals surface area contributed by atoms with Gasteiger partial charge in [-0.05, 0) is 44.9 Å². The fourth-order valence-corrected chi connectivity index (χ4v) is 2.81. The minimum Gasteiger partial charge on any atom is -0.481 e.